The van der Waals surface area contributed by atoms with Gasteiger partial charge >= 0.3 is 5.51 Å². The first kappa shape index (κ1) is 65.9. The Kier molecular flexibility index (Phi) is 20.3. The van der Waals surface area contributed by atoms with E-state index >= 15 is 0 Å². The summed E-state index contributed by atoms with van der Waals surface area (Å²) in [5, 5.41) is 8.69. The van der Waals surface area contributed by atoms with Crippen LogP contribution in [0.1, 0.15) is 104 Å². The number of nitrogens with zero attached hydrogens (tertiary/aromatic N) is 6. The Morgan fingerprint density at radius 2 is 1.55 bits per heavy atom. The van der Waals surface area contributed by atoms with Gasteiger partial charge in [-0.1, -0.05) is 61.4 Å². The highest BCUT2D eigenvalue weighted by Crippen LogP contribution is 2.44. The number of thioether (sulfide) groups is 1. The molecule has 5 aliphatic heterocycles. The van der Waals surface area contributed by atoms with E-state index in [2.05, 4.69) is 71.4 Å². The van der Waals surface area contributed by atoms with Gasteiger partial charge in [0, 0.05) is 111 Å². The molecule has 486 valence electrons. The third kappa shape index (κ3) is 16.1. The van der Waals surface area contributed by atoms with Crippen LogP contribution < -0.4 is 30.5 Å². The summed E-state index contributed by atoms with van der Waals surface area (Å²) in [5.41, 5.74) is 1.03. The van der Waals surface area contributed by atoms with Gasteiger partial charge in [0.1, 0.15) is 16.6 Å². The van der Waals surface area contributed by atoms with E-state index in [1.807, 2.05) is 59.3 Å². The zero-order valence-electron chi connectivity index (χ0n) is 51.2. The minimum atomic E-state index is -6.13. The number of benzene rings is 4. The Balaban J connectivity index is 0.695. The zero-order chi connectivity index (χ0) is 64.2. The molecule has 25 heteroatoms. The van der Waals surface area contributed by atoms with E-state index in [4.69, 9.17) is 11.6 Å². The number of nitrogens with one attached hydrogen (secondary N) is 4. The monoisotopic (exact) mass is 1330 g/mol. The molecular formula is C66H78ClF3N10O8S3. The second-order valence-electron chi connectivity index (χ2n) is 25.6. The molecule has 4 amide bonds. The highest BCUT2D eigenvalue weighted by molar-refractivity contribution is 7.99. The number of piperidine rings is 2. The number of aromatic nitrogens is 1. The van der Waals surface area contributed by atoms with Crippen LogP contribution in [0.5, 0.6) is 0 Å². The number of hydrogen-bond acceptors (Lipinski definition) is 16. The summed E-state index contributed by atoms with van der Waals surface area (Å²) in [7, 11) is -11.0. The molecule has 2 unspecified atom stereocenters. The number of halogens is 4. The van der Waals surface area contributed by atoms with Crippen molar-refractivity contribution in [2.75, 3.05) is 99.4 Å². The summed E-state index contributed by atoms with van der Waals surface area (Å²) in [6.07, 6.45) is 8.92. The normalized spacial score (nSPS) is 20.9. The molecule has 18 nitrogen and oxygen atoms in total. The molecule has 3 atom stereocenters. The Morgan fingerprint density at radius 1 is 0.802 bits per heavy atom. The number of pyridine rings is 1. The number of anilines is 3. The zero-order valence-corrected chi connectivity index (χ0v) is 54.4. The van der Waals surface area contributed by atoms with Gasteiger partial charge in [-0.2, -0.15) is 13.2 Å². The lowest BCUT2D eigenvalue weighted by atomic mass is 9.72. The Hall–Kier alpha value is -6.54. The molecule has 4 aromatic carbocycles. The highest BCUT2D eigenvalue weighted by atomic mass is 35.5. The Bertz CT molecular complexity index is 3760. The second-order valence-corrected chi connectivity index (χ2v) is 30.8. The predicted molar refractivity (Wildman–Crippen MR) is 348 cm³/mol. The number of amides is 4. The molecule has 0 saturated carbocycles. The first-order valence-corrected chi connectivity index (χ1v) is 35.6. The maximum Gasteiger partial charge on any atom is 0.501 e. The van der Waals surface area contributed by atoms with Crippen molar-refractivity contribution in [1.29, 1.82) is 0 Å². The van der Waals surface area contributed by atoms with Gasteiger partial charge in [-0.25, -0.2) is 26.5 Å². The summed E-state index contributed by atoms with van der Waals surface area (Å²) < 4.78 is 101. The molecule has 6 heterocycles. The van der Waals surface area contributed by atoms with Gasteiger partial charge in [0.15, 0.2) is 0 Å². The van der Waals surface area contributed by atoms with Crippen LogP contribution in [-0.4, -0.2) is 168 Å². The van der Waals surface area contributed by atoms with Crippen LogP contribution in [0.3, 0.4) is 0 Å². The molecule has 0 radical (unpaired) electrons. The van der Waals surface area contributed by atoms with Crippen LogP contribution >= 0.6 is 23.4 Å². The number of likely N-dealkylation sites (tertiary alicyclic amines) is 1. The smallest absolute Gasteiger partial charge is 0.380 e. The number of alkyl halides is 3. The lowest BCUT2D eigenvalue weighted by Gasteiger charge is -2.47. The number of carbonyl (C=O) groups excluding carboxylic acids is 4. The average molecular weight is 1330 g/mol. The van der Waals surface area contributed by atoms with Gasteiger partial charge in [-0.3, -0.25) is 34.3 Å². The van der Waals surface area contributed by atoms with Crippen molar-refractivity contribution in [1.82, 2.24) is 35.0 Å². The quantitative estimate of drug-likeness (QED) is 0.0422. The van der Waals surface area contributed by atoms with Gasteiger partial charge in [0.2, 0.25) is 11.8 Å². The van der Waals surface area contributed by atoms with Crippen molar-refractivity contribution in [2.24, 2.45) is 11.3 Å². The molecule has 0 spiro atoms. The number of allylic oxidation sites excluding steroid dienone is 1. The SMILES string of the molecule is CC1(C)CCC(c2ccc(Cl)cc2)=C(CN2CCN3c4ccc(C(=O)NS(=O)(=O)c5ccc(N[C@H](CCN6CCC(CN7CCN(c8ccc(C(=O)NC9CCC(=O)NC9=O)nc8)CC7)CC6)CSc6ccccc6)c(S(=O)(=O)C(F)(F)F)c5)cc4CCC3C2)C1. The first-order chi connectivity index (χ1) is 43.4. The molecule has 5 aromatic rings. The lowest BCUT2D eigenvalue weighted by Crippen LogP contribution is -2.55. The Morgan fingerprint density at radius 3 is 2.26 bits per heavy atom. The lowest BCUT2D eigenvalue weighted by molar-refractivity contribution is -0.134. The van der Waals surface area contributed by atoms with E-state index in [0.717, 1.165) is 144 Å². The Labute approximate surface area is 540 Å². The number of fused-ring (bicyclic) bond motifs is 3. The topological polar surface area (TPSA) is 214 Å². The fraction of sp³-hybridized carbons (Fsp3) is 0.470. The summed E-state index contributed by atoms with van der Waals surface area (Å²) in [5.74, 6) is -1.60. The standard InChI is InChI=1S/C66H78ClF3N10O8S3/c1-65(2)26-22-55(45-8-12-49(67)13-9-45)48(38-65)41-78-32-35-80-52(42-78)14-10-46-36-47(11-20-59(46)80)62(82)75-91(87,88)54-16-18-56(60(37-54)90(85,86)66(68,69)70)72-50(43-89-53-6-4-3-5-7-53)25-29-76-27-23-44(24-28-76)40-77-30-33-79(34-31-77)51-15-17-57(71-39-51)63(83)73-58-19-21-61(81)74-64(58)84/h3-9,11-13,15-18,20,36-37,39,44,50,52,58,72H,10,14,19,21-35,38,40-43H2,1-2H3,(H,73,83)(H,75,82)(H,74,81,84)/t50-,52?,58?/m1/s1. The number of sulfone groups is 1. The van der Waals surface area contributed by atoms with Crippen LogP contribution in [0.25, 0.3) is 5.57 Å². The molecule has 6 aliphatic rings. The van der Waals surface area contributed by atoms with E-state index in [1.54, 1.807) is 24.4 Å². The predicted octanol–water partition coefficient (Wildman–Crippen LogP) is 9.28. The second kappa shape index (κ2) is 28.0. The minimum Gasteiger partial charge on any atom is -0.380 e. The molecule has 0 bridgehead atoms. The maximum atomic E-state index is 14.6. The summed E-state index contributed by atoms with van der Waals surface area (Å²) in [4.78, 5) is 65.3. The fourth-order valence-electron chi connectivity index (χ4n) is 13.6. The number of piperazine rings is 2. The number of carbonyl (C=O) groups is 4. The molecule has 4 fully saturated rings. The average Bonchev–Trinajstić information content (AvgIpc) is 0.835. The number of aryl methyl sites for hydroxylation is 1. The van der Waals surface area contributed by atoms with Crippen LogP contribution in [0.2, 0.25) is 5.02 Å². The van der Waals surface area contributed by atoms with E-state index in [1.165, 1.54) is 28.5 Å². The van der Waals surface area contributed by atoms with Crippen molar-refractivity contribution in [2.45, 2.75) is 116 Å². The summed E-state index contributed by atoms with van der Waals surface area (Å²) >= 11 is 7.71. The van der Waals surface area contributed by atoms with E-state index in [-0.39, 0.29) is 41.5 Å². The van der Waals surface area contributed by atoms with Gasteiger partial charge in [-0.05, 0) is 172 Å². The van der Waals surface area contributed by atoms with Crippen molar-refractivity contribution < 1.29 is 49.2 Å². The van der Waals surface area contributed by atoms with Crippen LogP contribution in [-0.2, 0) is 35.9 Å². The van der Waals surface area contributed by atoms with Crippen molar-refractivity contribution >= 4 is 89.5 Å². The molecule has 1 aromatic heterocycles. The molecule has 11 rings (SSSR count). The highest BCUT2D eigenvalue weighted by Gasteiger charge is 2.49. The molecular weight excluding hydrogens is 1250 g/mol. The van der Waals surface area contributed by atoms with Crippen LogP contribution in [0.4, 0.5) is 30.2 Å². The van der Waals surface area contributed by atoms with Gasteiger partial charge < -0.3 is 25.3 Å². The number of rotatable bonds is 20. The van der Waals surface area contributed by atoms with Crippen molar-refractivity contribution in [3.8, 4) is 0 Å². The van der Waals surface area contributed by atoms with Crippen LogP contribution in [0, 0.1) is 11.3 Å². The molecule has 4 saturated heterocycles. The minimum absolute atomic E-state index is 0.0420. The van der Waals surface area contributed by atoms with E-state index in [9.17, 15) is 49.2 Å². The van der Waals surface area contributed by atoms with Crippen molar-refractivity contribution in [3.05, 3.63) is 142 Å². The van der Waals surface area contributed by atoms with E-state index in [0.29, 0.717) is 42.1 Å². The summed E-state index contributed by atoms with van der Waals surface area (Å²) in [6.45, 7) is 14.2. The van der Waals surface area contributed by atoms with Gasteiger partial charge in [-0.15, -0.1) is 11.8 Å². The molecule has 4 N–H and O–H groups in total. The first-order valence-electron chi connectivity index (χ1n) is 31.3. The number of imide groups is 1. The van der Waals surface area contributed by atoms with Gasteiger partial charge in [0.05, 0.1) is 22.5 Å². The molecule has 91 heavy (non-hydrogen) atoms. The van der Waals surface area contributed by atoms with Crippen molar-refractivity contribution in [3.63, 3.8) is 0 Å². The molecule has 1 aliphatic carbocycles. The third-order valence-electron chi connectivity index (χ3n) is 18.7. The van der Waals surface area contributed by atoms with Gasteiger partial charge in [0.25, 0.3) is 31.7 Å². The van der Waals surface area contributed by atoms with Crippen LogP contribution in [0.15, 0.2) is 130 Å². The maximum absolute atomic E-state index is 14.6. The van der Waals surface area contributed by atoms with E-state index < -0.39 is 70.7 Å². The fourth-order valence-corrected chi connectivity index (χ4v) is 16.7. The number of hydrogen-bond donors (Lipinski definition) is 4. The summed E-state index contributed by atoms with van der Waals surface area (Å²) in [6, 6.07) is 27.4. The largest absolute Gasteiger partial charge is 0.501 e. The third-order valence-corrected chi connectivity index (χ3v) is 22.9. The number of sulfonamides is 1.